The van der Waals surface area contributed by atoms with E-state index in [4.69, 9.17) is 15.0 Å². The Morgan fingerprint density at radius 3 is 0.981 bits per heavy atom. The van der Waals surface area contributed by atoms with Crippen molar-refractivity contribution in [2.45, 2.75) is 178 Å². The average molecular weight is 829 g/mol. The van der Waals surface area contributed by atoms with Gasteiger partial charge in [-0.25, -0.2) is 4.98 Å². The molecular formula is C46H69Cl3CoN3. The first-order valence-corrected chi connectivity index (χ1v) is 20.2. The molecule has 0 N–H and O–H groups in total. The van der Waals surface area contributed by atoms with Crippen molar-refractivity contribution < 1.29 is 54.0 Å². The van der Waals surface area contributed by atoms with Crippen LogP contribution in [0.25, 0.3) is 0 Å². The molecule has 3 aromatic rings. The maximum Gasteiger partial charge on any atom is 3.00 e. The van der Waals surface area contributed by atoms with Crippen molar-refractivity contribution >= 4 is 22.8 Å². The Kier molecular flexibility index (Phi) is 29.8. The van der Waals surface area contributed by atoms with Crippen LogP contribution in [0.2, 0.25) is 0 Å². The molecule has 0 unspecified atom stereocenters. The number of aliphatic imine (C=N–C) groups is 2. The van der Waals surface area contributed by atoms with Crippen LogP contribution >= 0.6 is 0 Å². The molecule has 7 heteroatoms. The molecule has 1 heterocycles. The van der Waals surface area contributed by atoms with Crippen LogP contribution in [0.3, 0.4) is 0 Å². The number of hydrogen-bond acceptors (Lipinski definition) is 3. The fourth-order valence-corrected chi connectivity index (χ4v) is 6.72. The quantitative estimate of drug-likeness (QED) is 0.135. The smallest absolute Gasteiger partial charge is 1.00 e. The van der Waals surface area contributed by atoms with E-state index in [0.29, 0.717) is 0 Å². The third kappa shape index (κ3) is 17.3. The van der Waals surface area contributed by atoms with Crippen LogP contribution < -0.4 is 37.2 Å². The van der Waals surface area contributed by atoms with E-state index in [-0.39, 0.29) is 54.0 Å². The molecule has 0 saturated carbocycles. The molecule has 0 aliphatic carbocycles. The van der Waals surface area contributed by atoms with Crippen molar-refractivity contribution in [1.82, 2.24) is 4.98 Å². The van der Waals surface area contributed by atoms with Gasteiger partial charge in [-0.05, 0) is 149 Å². The predicted molar refractivity (Wildman–Crippen MR) is 217 cm³/mol. The van der Waals surface area contributed by atoms with Crippen molar-refractivity contribution in [2.24, 2.45) is 9.98 Å². The SMILES string of the molecule is CCCCc1cc(CCCC)c(N=C(C)c2cc(C)cc(C(C)=Nc3c(CCCC)cc(CCCC)cc3CCCC)n2)c(CCCC)c1.[Cl-].[Cl-].[Cl-].[Co+3]. The molecule has 0 aliphatic rings. The van der Waals surface area contributed by atoms with Gasteiger partial charge in [-0.15, -0.1) is 0 Å². The first kappa shape index (κ1) is 53.4. The molecule has 0 radical (unpaired) electrons. The van der Waals surface area contributed by atoms with Crippen LogP contribution in [0.15, 0.2) is 46.4 Å². The van der Waals surface area contributed by atoms with Crippen LogP contribution in [0.5, 0.6) is 0 Å². The third-order valence-corrected chi connectivity index (χ3v) is 9.76. The molecule has 0 bridgehead atoms. The molecule has 3 nitrogen and oxygen atoms in total. The van der Waals surface area contributed by atoms with Crippen LogP contribution in [0.1, 0.15) is 183 Å². The molecule has 2 aromatic carbocycles. The zero-order valence-electron chi connectivity index (χ0n) is 34.5. The number of nitrogens with zero attached hydrogens (tertiary/aromatic N) is 3. The third-order valence-electron chi connectivity index (χ3n) is 9.76. The predicted octanol–water partition coefficient (Wildman–Crippen LogP) is 4.74. The number of aromatic nitrogens is 1. The second-order valence-electron chi connectivity index (χ2n) is 14.5. The fraction of sp³-hybridized carbons (Fsp3) is 0.587. The number of pyridine rings is 1. The summed E-state index contributed by atoms with van der Waals surface area (Å²) in [6, 6.07) is 14.2. The van der Waals surface area contributed by atoms with Crippen LogP contribution in [-0.4, -0.2) is 16.4 Å². The van der Waals surface area contributed by atoms with E-state index in [0.717, 1.165) is 61.3 Å². The Morgan fingerprint density at radius 1 is 0.453 bits per heavy atom. The van der Waals surface area contributed by atoms with Crippen molar-refractivity contribution in [3.05, 3.63) is 86.7 Å². The Morgan fingerprint density at radius 2 is 0.717 bits per heavy atom. The summed E-state index contributed by atoms with van der Waals surface area (Å²) >= 11 is 0. The number of unbranched alkanes of at least 4 members (excludes halogenated alkanes) is 6. The van der Waals surface area contributed by atoms with Gasteiger partial charge < -0.3 is 37.2 Å². The van der Waals surface area contributed by atoms with Crippen LogP contribution in [0.4, 0.5) is 11.4 Å². The minimum Gasteiger partial charge on any atom is -1.00 e. The Labute approximate surface area is 354 Å². The van der Waals surface area contributed by atoms with Crippen molar-refractivity contribution in [1.29, 1.82) is 0 Å². The first-order valence-electron chi connectivity index (χ1n) is 20.2. The van der Waals surface area contributed by atoms with Crippen molar-refractivity contribution in [3.63, 3.8) is 0 Å². The number of benzene rings is 2. The fourth-order valence-electron chi connectivity index (χ4n) is 6.72. The minimum atomic E-state index is 0. The number of aryl methyl sites for hydroxylation is 7. The van der Waals surface area contributed by atoms with Crippen LogP contribution in [-0.2, 0) is 55.3 Å². The monoisotopic (exact) mass is 827 g/mol. The summed E-state index contributed by atoms with van der Waals surface area (Å²) in [6.07, 6.45) is 21.1. The summed E-state index contributed by atoms with van der Waals surface area (Å²) in [5.41, 5.74) is 16.1. The van der Waals surface area contributed by atoms with E-state index in [1.807, 2.05) is 0 Å². The average Bonchev–Trinajstić information content (AvgIpc) is 3.10. The first-order chi connectivity index (χ1) is 23.8. The number of rotatable bonds is 22. The van der Waals surface area contributed by atoms with E-state index in [1.54, 1.807) is 0 Å². The Hall–Kier alpha value is -1.69. The molecule has 0 saturated heterocycles. The summed E-state index contributed by atoms with van der Waals surface area (Å²) in [5.74, 6) is 0. The molecule has 0 atom stereocenters. The zero-order chi connectivity index (χ0) is 35.6. The zero-order valence-corrected chi connectivity index (χ0v) is 37.8. The number of halogens is 3. The Bertz CT molecular complexity index is 1360. The van der Waals surface area contributed by atoms with E-state index < -0.39 is 0 Å². The van der Waals surface area contributed by atoms with E-state index in [9.17, 15) is 0 Å². The van der Waals surface area contributed by atoms with Crippen molar-refractivity contribution in [2.75, 3.05) is 0 Å². The van der Waals surface area contributed by atoms with Gasteiger partial charge >= 0.3 is 16.8 Å². The summed E-state index contributed by atoms with van der Waals surface area (Å²) in [4.78, 5) is 16.1. The largest absolute Gasteiger partial charge is 3.00 e. The van der Waals surface area contributed by atoms with Gasteiger partial charge in [0, 0.05) is 0 Å². The topological polar surface area (TPSA) is 37.6 Å². The van der Waals surface area contributed by atoms with E-state index in [1.165, 1.54) is 127 Å². The summed E-state index contributed by atoms with van der Waals surface area (Å²) in [5, 5.41) is 0. The molecule has 0 fully saturated rings. The van der Waals surface area contributed by atoms with Crippen molar-refractivity contribution in [3.8, 4) is 0 Å². The van der Waals surface area contributed by atoms with Gasteiger partial charge in [0.2, 0.25) is 0 Å². The van der Waals surface area contributed by atoms with Gasteiger partial charge in [-0.3, -0.25) is 9.98 Å². The van der Waals surface area contributed by atoms with Gasteiger partial charge in [-0.1, -0.05) is 104 Å². The van der Waals surface area contributed by atoms with Gasteiger partial charge in [0.25, 0.3) is 0 Å². The number of hydrogen-bond donors (Lipinski definition) is 0. The van der Waals surface area contributed by atoms with Gasteiger partial charge in [-0.2, -0.15) is 0 Å². The molecule has 0 aliphatic heterocycles. The normalized spacial score (nSPS) is 11.3. The molecule has 0 amide bonds. The maximum absolute atomic E-state index is 5.43. The second-order valence-corrected chi connectivity index (χ2v) is 14.5. The van der Waals surface area contributed by atoms with E-state index in [2.05, 4.69) is 98.7 Å². The molecule has 0 spiro atoms. The molecule has 298 valence electrons. The standard InChI is InChI=1S/C46H69N3.3ClH.Co/c1-10-16-22-37-30-39(24-18-12-3)45(40(31-37)25-19-13-4)47-35(8)43-28-34(7)29-44(49-43)36(9)48-46-41(26-20-14-5)32-38(23-17-11-2)33-42(46)27-21-15-6;;;;/h28-33H,10-27H2,1-9H3;3*1H;/q;;;;+3/p-3. The maximum atomic E-state index is 5.43. The Balaban J connectivity index is 0. The second kappa shape index (κ2) is 29.6. The summed E-state index contributed by atoms with van der Waals surface area (Å²) in [7, 11) is 0. The van der Waals surface area contributed by atoms with Gasteiger partial charge in [0.1, 0.15) is 0 Å². The minimum absolute atomic E-state index is 0. The molecule has 1 aromatic heterocycles. The van der Waals surface area contributed by atoms with Crippen LogP contribution in [0, 0.1) is 6.92 Å². The van der Waals surface area contributed by atoms with Gasteiger partial charge in [0.05, 0.1) is 34.2 Å². The molecule has 3 rings (SSSR count). The molecule has 53 heavy (non-hydrogen) atoms. The van der Waals surface area contributed by atoms with E-state index >= 15 is 0 Å². The summed E-state index contributed by atoms with van der Waals surface area (Å²) < 4.78 is 0. The summed E-state index contributed by atoms with van der Waals surface area (Å²) in [6.45, 7) is 20.2. The molecular weight excluding hydrogens is 760 g/mol. The van der Waals surface area contributed by atoms with Gasteiger partial charge in [0.15, 0.2) is 0 Å².